The van der Waals surface area contributed by atoms with E-state index < -0.39 is 9.24 Å². The smallest absolute Gasteiger partial charge is 0.299 e. The Morgan fingerprint density at radius 1 is 0.875 bits per heavy atom. The molecule has 0 unspecified atom stereocenters. The minimum absolute atomic E-state index is 0.589. The van der Waals surface area contributed by atoms with Crippen molar-refractivity contribution in [3.05, 3.63) is 0 Å². The van der Waals surface area contributed by atoms with Crippen LogP contribution in [0.3, 0.4) is 0 Å². The van der Waals surface area contributed by atoms with Crippen molar-refractivity contribution in [2.75, 3.05) is 26.2 Å². The summed E-state index contributed by atoms with van der Waals surface area (Å²) in [7, 11) is 1.69. The molecule has 6 heteroatoms. The van der Waals surface area contributed by atoms with Crippen LogP contribution in [0.1, 0.15) is 38.5 Å². The molecule has 0 radical (unpaired) electrons. The molecule has 2 aliphatic heterocycles. The zero-order valence-electron chi connectivity index (χ0n) is 9.62. The molecule has 4 nitrogen and oxygen atoms in total. The first-order valence-corrected chi connectivity index (χ1v) is 8.28. The lowest BCUT2D eigenvalue weighted by Crippen LogP contribution is -2.32. The lowest BCUT2D eigenvalue weighted by atomic mass is 10.2. The minimum Gasteiger partial charge on any atom is -0.317 e. The molecule has 96 valence electrons. The van der Waals surface area contributed by atoms with Gasteiger partial charge in [-0.3, -0.25) is 0 Å². The largest absolute Gasteiger partial charge is 0.317 e. The van der Waals surface area contributed by atoms with Gasteiger partial charge in [-0.05, 0) is 38.8 Å². The first kappa shape index (κ1) is 14.2. The number of hydrogen-bond donors (Lipinski definition) is 1. The summed E-state index contributed by atoms with van der Waals surface area (Å²) < 4.78 is 22.7. The lowest BCUT2D eigenvalue weighted by Gasteiger charge is -2.22. The van der Waals surface area contributed by atoms with Crippen LogP contribution in [0.4, 0.5) is 0 Å². The van der Waals surface area contributed by atoms with E-state index in [2.05, 4.69) is 5.32 Å². The van der Waals surface area contributed by atoms with Crippen molar-refractivity contribution in [2.45, 2.75) is 38.5 Å². The van der Waals surface area contributed by atoms with Gasteiger partial charge in [-0.15, -0.1) is 0 Å². The zero-order chi connectivity index (χ0) is 11.9. The van der Waals surface area contributed by atoms with Crippen molar-refractivity contribution < 1.29 is 8.42 Å². The molecule has 0 atom stereocenters. The van der Waals surface area contributed by atoms with Crippen molar-refractivity contribution in [3.8, 4) is 0 Å². The third kappa shape index (κ3) is 6.03. The first-order chi connectivity index (χ1) is 7.61. The molecule has 2 aliphatic rings. The van der Waals surface area contributed by atoms with Crippen LogP contribution in [0.2, 0.25) is 0 Å². The van der Waals surface area contributed by atoms with E-state index in [0.29, 0.717) is 13.1 Å². The number of nitrogens with one attached hydrogen (secondary N) is 1. The molecule has 2 heterocycles. The number of rotatable bonds is 1. The van der Waals surface area contributed by atoms with E-state index in [1.165, 1.54) is 36.7 Å². The Morgan fingerprint density at radius 2 is 1.38 bits per heavy atom. The molecule has 0 aromatic heterocycles. The molecule has 0 aromatic carbocycles. The third-order valence-corrected chi connectivity index (χ3v) is 4.40. The highest BCUT2D eigenvalue weighted by Gasteiger charge is 2.20. The van der Waals surface area contributed by atoms with E-state index in [0.717, 1.165) is 19.3 Å². The quantitative estimate of drug-likeness (QED) is 0.737. The van der Waals surface area contributed by atoms with Crippen LogP contribution in [0.5, 0.6) is 0 Å². The minimum atomic E-state index is -3.42. The maximum Gasteiger partial charge on any atom is 0.299 e. The molecule has 0 saturated carbocycles. The second-order valence-corrected chi connectivity index (χ2v) is 6.72. The predicted octanol–water partition coefficient (Wildman–Crippen LogP) is 1.72. The van der Waals surface area contributed by atoms with Gasteiger partial charge < -0.3 is 5.32 Å². The Morgan fingerprint density at radius 3 is 1.62 bits per heavy atom. The number of halogens is 1. The average Bonchev–Trinajstić information content (AvgIpc) is 2.32. The number of piperidine rings is 2. The molecule has 0 aliphatic carbocycles. The topological polar surface area (TPSA) is 49.4 Å². The molecule has 0 amide bonds. The molecule has 0 spiro atoms. The highest BCUT2D eigenvalue weighted by Crippen LogP contribution is 2.14. The highest BCUT2D eigenvalue weighted by molar-refractivity contribution is 8.11. The Hall–Kier alpha value is 0.160. The van der Waals surface area contributed by atoms with Gasteiger partial charge in [0.25, 0.3) is 9.24 Å². The van der Waals surface area contributed by atoms with Gasteiger partial charge in [0, 0.05) is 23.8 Å². The average molecular weight is 269 g/mol. The molecule has 2 saturated heterocycles. The maximum absolute atomic E-state index is 10.7. The van der Waals surface area contributed by atoms with E-state index in [9.17, 15) is 8.42 Å². The van der Waals surface area contributed by atoms with Crippen LogP contribution < -0.4 is 5.32 Å². The summed E-state index contributed by atoms with van der Waals surface area (Å²) in [4.78, 5) is 0. The normalized spacial score (nSPS) is 23.3. The third-order valence-electron chi connectivity index (χ3n) is 2.83. The molecule has 0 bridgehead atoms. The van der Waals surface area contributed by atoms with Gasteiger partial charge in [-0.2, -0.15) is 12.7 Å². The van der Waals surface area contributed by atoms with Crippen molar-refractivity contribution in [1.82, 2.24) is 9.62 Å². The molecular formula is C10H21ClN2O2S. The lowest BCUT2D eigenvalue weighted by molar-refractivity contribution is 0.353. The fourth-order valence-electron chi connectivity index (χ4n) is 1.88. The summed E-state index contributed by atoms with van der Waals surface area (Å²) in [5.74, 6) is 0. The Labute approximate surface area is 103 Å². The summed E-state index contributed by atoms with van der Waals surface area (Å²) in [5, 5.41) is 3.28. The number of nitrogens with zero attached hydrogens (tertiary/aromatic N) is 1. The summed E-state index contributed by atoms with van der Waals surface area (Å²) in [6.45, 7) is 3.68. The van der Waals surface area contributed by atoms with Crippen LogP contribution in [0.25, 0.3) is 0 Å². The van der Waals surface area contributed by atoms with E-state index in [1.54, 1.807) is 0 Å². The number of hydrogen-bond acceptors (Lipinski definition) is 3. The Bertz CT molecular complexity index is 261. The maximum atomic E-state index is 10.7. The highest BCUT2D eigenvalue weighted by atomic mass is 35.7. The van der Waals surface area contributed by atoms with Crippen LogP contribution in [-0.4, -0.2) is 38.9 Å². The second kappa shape index (κ2) is 7.48. The van der Waals surface area contributed by atoms with E-state index in [1.807, 2.05) is 0 Å². The molecule has 2 rings (SSSR count). The van der Waals surface area contributed by atoms with Crippen molar-refractivity contribution >= 4 is 19.9 Å². The zero-order valence-corrected chi connectivity index (χ0v) is 11.2. The van der Waals surface area contributed by atoms with Gasteiger partial charge in [-0.1, -0.05) is 12.8 Å². The molecule has 1 N–H and O–H groups in total. The predicted molar refractivity (Wildman–Crippen MR) is 66.9 cm³/mol. The van der Waals surface area contributed by atoms with Crippen LogP contribution >= 0.6 is 10.7 Å². The van der Waals surface area contributed by atoms with Crippen LogP contribution in [0, 0.1) is 0 Å². The van der Waals surface area contributed by atoms with Gasteiger partial charge in [0.15, 0.2) is 0 Å². The Balaban J connectivity index is 0.000000181. The summed E-state index contributed by atoms with van der Waals surface area (Å²) in [6.07, 6.45) is 7.20. The van der Waals surface area contributed by atoms with Gasteiger partial charge in [0.05, 0.1) is 0 Å². The second-order valence-electron chi connectivity index (χ2n) is 4.21. The van der Waals surface area contributed by atoms with E-state index in [4.69, 9.17) is 10.7 Å². The van der Waals surface area contributed by atoms with Gasteiger partial charge >= 0.3 is 0 Å². The molecule has 0 aromatic rings. The molecule has 16 heavy (non-hydrogen) atoms. The summed E-state index contributed by atoms with van der Waals surface area (Å²) >= 11 is 0. The fourth-order valence-corrected chi connectivity index (χ4v) is 2.99. The van der Waals surface area contributed by atoms with E-state index >= 15 is 0 Å². The van der Waals surface area contributed by atoms with Gasteiger partial charge in [-0.25, -0.2) is 0 Å². The summed E-state index contributed by atoms with van der Waals surface area (Å²) in [5.41, 5.74) is 0. The Kier molecular flexibility index (Phi) is 6.65. The van der Waals surface area contributed by atoms with Gasteiger partial charge in [0.2, 0.25) is 0 Å². The summed E-state index contributed by atoms with van der Waals surface area (Å²) in [6, 6.07) is 0. The van der Waals surface area contributed by atoms with E-state index in [-0.39, 0.29) is 0 Å². The fraction of sp³-hybridized carbons (Fsp3) is 1.00. The molecule has 2 fully saturated rings. The van der Waals surface area contributed by atoms with Crippen molar-refractivity contribution in [3.63, 3.8) is 0 Å². The molecular weight excluding hydrogens is 248 g/mol. The van der Waals surface area contributed by atoms with Crippen LogP contribution in [0.15, 0.2) is 0 Å². The SMILES string of the molecule is C1CCNCC1.O=S(=O)(Cl)N1CCCCC1. The van der Waals surface area contributed by atoms with Crippen LogP contribution in [-0.2, 0) is 9.24 Å². The monoisotopic (exact) mass is 268 g/mol. The first-order valence-electron chi connectivity index (χ1n) is 6.01. The van der Waals surface area contributed by atoms with Crippen molar-refractivity contribution in [2.24, 2.45) is 0 Å². The van der Waals surface area contributed by atoms with Gasteiger partial charge in [0.1, 0.15) is 0 Å². The standard InChI is InChI=1S/C5H10ClNO2S.C5H11N/c6-10(8,9)7-4-2-1-3-5-7;1-2-4-6-5-3-1/h1-5H2;6H,1-5H2. The van der Waals surface area contributed by atoms with Crippen molar-refractivity contribution in [1.29, 1.82) is 0 Å².